The van der Waals surface area contributed by atoms with Crippen LogP contribution in [0.4, 0.5) is 11.5 Å². The second kappa shape index (κ2) is 5.35. The molecule has 18 heavy (non-hydrogen) atoms. The van der Waals surface area contributed by atoms with E-state index in [4.69, 9.17) is 10.5 Å². The Bertz CT molecular complexity index is 525. The molecule has 0 spiro atoms. The molecular formula is C13H16N4O. The number of hydrogen-bond donors (Lipinski definition) is 2. The lowest BCUT2D eigenvalue weighted by molar-refractivity contribution is 0.464. The maximum absolute atomic E-state index is 5.89. The summed E-state index contributed by atoms with van der Waals surface area (Å²) in [6.45, 7) is 2.11. The van der Waals surface area contributed by atoms with Crippen LogP contribution in [0, 0.1) is 0 Å². The number of aryl methyl sites for hydroxylation is 1. The number of ether oxygens (including phenoxy) is 1. The minimum absolute atomic E-state index is 0.360. The number of nitrogens with one attached hydrogen (secondary N) is 1. The molecule has 1 heterocycles. The first kappa shape index (κ1) is 12.2. The molecule has 0 aliphatic heterocycles. The standard InChI is InChI=1S/C13H16N4O/c1-3-9-4-6-10(7-5-9)18-13-11(14)12(15-2)16-8-17-13/h4-8H,3,14H2,1-2H3,(H,15,16,17). The summed E-state index contributed by atoms with van der Waals surface area (Å²) in [6.07, 6.45) is 2.41. The zero-order valence-corrected chi connectivity index (χ0v) is 10.5. The highest BCUT2D eigenvalue weighted by Crippen LogP contribution is 2.28. The van der Waals surface area contributed by atoms with Gasteiger partial charge in [0.2, 0.25) is 5.88 Å². The number of benzene rings is 1. The molecule has 1 aromatic heterocycles. The van der Waals surface area contributed by atoms with E-state index in [9.17, 15) is 0 Å². The van der Waals surface area contributed by atoms with Gasteiger partial charge in [0.05, 0.1) is 0 Å². The van der Waals surface area contributed by atoms with E-state index in [2.05, 4.69) is 22.2 Å². The number of hydrogen-bond acceptors (Lipinski definition) is 5. The number of nitrogens with zero attached hydrogens (tertiary/aromatic N) is 2. The SMILES string of the molecule is CCc1ccc(Oc2ncnc(NC)c2N)cc1. The highest BCUT2D eigenvalue weighted by atomic mass is 16.5. The van der Waals surface area contributed by atoms with Crippen molar-refractivity contribution in [2.45, 2.75) is 13.3 Å². The third-order valence-corrected chi connectivity index (χ3v) is 2.63. The number of anilines is 2. The number of aromatic nitrogens is 2. The van der Waals surface area contributed by atoms with Crippen LogP contribution in [0.2, 0.25) is 0 Å². The molecule has 3 N–H and O–H groups in total. The van der Waals surface area contributed by atoms with Gasteiger partial charge in [0.15, 0.2) is 5.82 Å². The van der Waals surface area contributed by atoms with Crippen LogP contribution in [0.1, 0.15) is 12.5 Å². The van der Waals surface area contributed by atoms with E-state index in [0.29, 0.717) is 23.1 Å². The van der Waals surface area contributed by atoms with Crippen molar-refractivity contribution in [1.29, 1.82) is 0 Å². The van der Waals surface area contributed by atoms with E-state index >= 15 is 0 Å². The summed E-state index contributed by atoms with van der Waals surface area (Å²) in [4.78, 5) is 8.03. The average molecular weight is 244 g/mol. The van der Waals surface area contributed by atoms with Crippen LogP contribution in [0.3, 0.4) is 0 Å². The van der Waals surface area contributed by atoms with E-state index in [1.54, 1.807) is 7.05 Å². The van der Waals surface area contributed by atoms with Crippen molar-refractivity contribution in [1.82, 2.24) is 9.97 Å². The van der Waals surface area contributed by atoms with Crippen LogP contribution < -0.4 is 15.8 Å². The monoisotopic (exact) mass is 244 g/mol. The van der Waals surface area contributed by atoms with Crippen molar-refractivity contribution in [2.24, 2.45) is 0 Å². The second-order valence-corrected chi connectivity index (χ2v) is 3.79. The molecule has 2 aromatic rings. The lowest BCUT2D eigenvalue weighted by Crippen LogP contribution is -2.02. The molecule has 0 saturated carbocycles. The van der Waals surface area contributed by atoms with Gasteiger partial charge < -0.3 is 15.8 Å². The largest absolute Gasteiger partial charge is 0.437 e. The minimum atomic E-state index is 0.360. The molecule has 0 saturated heterocycles. The zero-order valence-electron chi connectivity index (χ0n) is 10.5. The summed E-state index contributed by atoms with van der Waals surface area (Å²) in [5.41, 5.74) is 7.55. The maximum Gasteiger partial charge on any atom is 0.248 e. The van der Waals surface area contributed by atoms with E-state index in [1.165, 1.54) is 11.9 Å². The molecule has 94 valence electrons. The summed E-state index contributed by atoms with van der Waals surface area (Å²) in [5, 5.41) is 2.88. The van der Waals surface area contributed by atoms with Crippen molar-refractivity contribution < 1.29 is 4.74 Å². The van der Waals surface area contributed by atoms with E-state index in [0.717, 1.165) is 6.42 Å². The van der Waals surface area contributed by atoms with E-state index < -0.39 is 0 Å². The normalized spacial score (nSPS) is 10.1. The highest BCUT2D eigenvalue weighted by molar-refractivity contribution is 5.66. The third-order valence-electron chi connectivity index (χ3n) is 2.63. The van der Waals surface area contributed by atoms with Gasteiger partial charge >= 0.3 is 0 Å². The van der Waals surface area contributed by atoms with Crippen LogP contribution in [-0.4, -0.2) is 17.0 Å². The molecule has 0 fully saturated rings. The summed E-state index contributed by atoms with van der Waals surface area (Å²) in [5.74, 6) is 1.63. The van der Waals surface area contributed by atoms with Gasteiger partial charge in [-0.25, -0.2) is 4.98 Å². The van der Waals surface area contributed by atoms with Gasteiger partial charge in [-0.2, -0.15) is 4.98 Å². The van der Waals surface area contributed by atoms with Crippen LogP contribution in [-0.2, 0) is 6.42 Å². The molecule has 0 aliphatic rings. The molecule has 5 nitrogen and oxygen atoms in total. The van der Waals surface area contributed by atoms with Gasteiger partial charge in [0.25, 0.3) is 0 Å². The Hall–Kier alpha value is -2.30. The fourth-order valence-electron chi connectivity index (χ4n) is 1.56. The van der Waals surface area contributed by atoms with E-state index in [-0.39, 0.29) is 0 Å². The first-order valence-electron chi connectivity index (χ1n) is 5.79. The predicted molar refractivity (Wildman–Crippen MR) is 71.9 cm³/mol. The molecular weight excluding hydrogens is 228 g/mol. The summed E-state index contributed by atoms with van der Waals surface area (Å²) in [6, 6.07) is 7.84. The van der Waals surface area contributed by atoms with Crippen LogP contribution >= 0.6 is 0 Å². The Balaban J connectivity index is 2.22. The van der Waals surface area contributed by atoms with Gasteiger partial charge in [-0.15, -0.1) is 0 Å². The van der Waals surface area contributed by atoms with Crippen molar-refractivity contribution in [2.75, 3.05) is 18.1 Å². The average Bonchev–Trinajstić information content (AvgIpc) is 2.42. The van der Waals surface area contributed by atoms with Gasteiger partial charge in [-0.3, -0.25) is 0 Å². The molecule has 0 amide bonds. The lowest BCUT2D eigenvalue weighted by Gasteiger charge is -2.09. The van der Waals surface area contributed by atoms with Gasteiger partial charge in [-0.1, -0.05) is 19.1 Å². The molecule has 0 radical (unpaired) electrons. The van der Waals surface area contributed by atoms with Crippen molar-refractivity contribution in [3.63, 3.8) is 0 Å². The molecule has 0 unspecified atom stereocenters. The van der Waals surface area contributed by atoms with Crippen LogP contribution in [0.5, 0.6) is 11.6 Å². The molecule has 2 rings (SSSR count). The zero-order chi connectivity index (χ0) is 13.0. The Kier molecular flexibility index (Phi) is 3.62. The molecule has 5 heteroatoms. The molecule has 0 bridgehead atoms. The van der Waals surface area contributed by atoms with Crippen LogP contribution in [0.15, 0.2) is 30.6 Å². The van der Waals surface area contributed by atoms with Gasteiger partial charge in [0, 0.05) is 7.05 Å². The summed E-state index contributed by atoms with van der Waals surface area (Å²) in [7, 11) is 1.75. The topological polar surface area (TPSA) is 73.1 Å². The first-order valence-corrected chi connectivity index (χ1v) is 5.79. The fourth-order valence-corrected chi connectivity index (χ4v) is 1.56. The molecule has 1 aromatic carbocycles. The van der Waals surface area contributed by atoms with Crippen molar-refractivity contribution in [3.8, 4) is 11.6 Å². The smallest absolute Gasteiger partial charge is 0.248 e. The Morgan fingerprint density at radius 1 is 1.22 bits per heavy atom. The van der Waals surface area contributed by atoms with Gasteiger partial charge in [0.1, 0.15) is 17.8 Å². The van der Waals surface area contributed by atoms with E-state index in [1.807, 2.05) is 24.3 Å². The van der Waals surface area contributed by atoms with Crippen molar-refractivity contribution in [3.05, 3.63) is 36.2 Å². The minimum Gasteiger partial charge on any atom is -0.437 e. The quantitative estimate of drug-likeness (QED) is 0.864. The highest BCUT2D eigenvalue weighted by Gasteiger charge is 2.08. The Morgan fingerprint density at radius 3 is 2.56 bits per heavy atom. The second-order valence-electron chi connectivity index (χ2n) is 3.79. The first-order chi connectivity index (χ1) is 8.74. The summed E-state index contributed by atoms with van der Waals surface area (Å²) < 4.78 is 5.64. The number of nitrogens with two attached hydrogens (primary N) is 1. The third kappa shape index (κ3) is 2.51. The molecule has 0 atom stereocenters. The lowest BCUT2D eigenvalue weighted by atomic mass is 10.2. The van der Waals surface area contributed by atoms with Crippen molar-refractivity contribution >= 4 is 11.5 Å². The Morgan fingerprint density at radius 2 is 1.94 bits per heavy atom. The number of nitrogen functional groups attached to an aromatic ring is 1. The number of rotatable bonds is 4. The summed E-state index contributed by atoms with van der Waals surface area (Å²) >= 11 is 0. The fraction of sp³-hybridized carbons (Fsp3) is 0.231. The molecule has 0 aliphatic carbocycles. The Labute approximate surface area is 106 Å². The maximum atomic E-state index is 5.89. The van der Waals surface area contributed by atoms with Gasteiger partial charge in [-0.05, 0) is 24.1 Å². The predicted octanol–water partition coefficient (Wildman–Crippen LogP) is 2.46. The van der Waals surface area contributed by atoms with Crippen LogP contribution in [0.25, 0.3) is 0 Å².